The molecule has 2 aliphatic rings. The molecule has 0 spiro atoms. The summed E-state index contributed by atoms with van der Waals surface area (Å²) < 4.78 is 0. The van der Waals surface area contributed by atoms with Crippen LogP contribution in [-0.4, -0.2) is 28.9 Å². The number of aromatic nitrogens is 1. The Morgan fingerprint density at radius 2 is 1.95 bits per heavy atom. The summed E-state index contributed by atoms with van der Waals surface area (Å²) >= 11 is 0. The van der Waals surface area contributed by atoms with E-state index < -0.39 is 0 Å². The monoisotopic (exact) mass is 294 g/mol. The van der Waals surface area contributed by atoms with Crippen LogP contribution in [0.3, 0.4) is 0 Å². The Bertz CT molecular complexity index is 730. The van der Waals surface area contributed by atoms with E-state index in [0.29, 0.717) is 0 Å². The van der Waals surface area contributed by atoms with E-state index in [0.717, 1.165) is 73.3 Å². The van der Waals surface area contributed by atoms with Gasteiger partial charge in [-0.3, -0.25) is 9.78 Å². The van der Waals surface area contributed by atoms with Crippen molar-refractivity contribution in [3.63, 3.8) is 0 Å². The van der Waals surface area contributed by atoms with E-state index in [4.69, 9.17) is 4.98 Å². The zero-order valence-electron chi connectivity index (χ0n) is 13.1. The standard InChI is InChI=1S/C19H22N2O/c1-13-9-11-21(12-10-13)19(22)18-14-5-2-3-7-16(14)20-17-8-4-6-15(17)18/h2-3,5,7,13H,4,6,8-12H2,1H3. The first-order chi connectivity index (χ1) is 10.7. The smallest absolute Gasteiger partial charge is 0.254 e. The molecule has 1 aromatic heterocycles. The van der Waals surface area contributed by atoms with Crippen molar-refractivity contribution in [3.05, 3.63) is 41.1 Å². The van der Waals surface area contributed by atoms with Crippen LogP contribution in [0.25, 0.3) is 10.9 Å². The molecule has 1 amide bonds. The molecule has 1 fully saturated rings. The molecule has 0 bridgehead atoms. The molecule has 1 aliphatic heterocycles. The van der Waals surface area contributed by atoms with Crippen molar-refractivity contribution in [2.45, 2.75) is 39.0 Å². The van der Waals surface area contributed by atoms with Crippen molar-refractivity contribution in [3.8, 4) is 0 Å². The van der Waals surface area contributed by atoms with E-state index in [-0.39, 0.29) is 5.91 Å². The van der Waals surface area contributed by atoms with Gasteiger partial charge in [0.1, 0.15) is 0 Å². The quantitative estimate of drug-likeness (QED) is 0.805. The molecule has 3 nitrogen and oxygen atoms in total. The van der Waals surface area contributed by atoms with Crippen molar-refractivity contribution in [1.29, 1.82) is 0 Å². The number of likely N-dealkylation sites (tertiary alicyclic amines) is 1. The molecule has 2 aromatic rings. The number of amides is 1. The van der Waals surface area contributed by atoms with Gasteiger partial charge in [-0.2, -0.15) is 0 Å². The maximum absolute atomic E-state index is 13.2. The Morgan fingerprint density at radius 1 is 1.18 bits per heavy atom. The predicted molar refractivity (Wildman–Crippen MR) is 88.1 cm³/mol. The van der Waals surface area contributed by atoms with Crippen LogP contribution in [0.1, 0.15) is 47.8 Å². The molecular weight excluding hydrogens is 272 g/mol. The number of nitrogens with zero attached hydrogens (tertiary/aromatic N) is 2. The molecule has 0 N–H and O–H groups in total. The van der Waals surface area contributed by atoms with Gasteiger partial charge in [0.15, 0.2) is 0 Å². The Labute approximate surface area is 131 Å². The Hall–Kier alpha value is -1.90. The highest BCUT2D eigenvalue weighted by Crippen LogP contribution is 2.31. The summed E-state index contributed by atoms with van der Waals surface area (Å²) in [7, 11) is 0. The summed E-state index contributed by atoms with van der Waals surface area (Å²) in [6.45, 7) is 4.07. The van der Waals surface area contributed by atoms with Crippen molar-refractivity contribution in [2.75, 3.05) is 13.1 Å². The maximum atomic E-state index is 13.2. The number of para-hydroxylation sites is 1. The molecule has 4 rings (SSSR count). The summed E-state index contributed by atoms with van der Waals surface area (Å²) in [5.74, 6) is 0.965. The Kier molecular flexibility index (Phi) is 3.36. The van der Waals surface area contributed by atoms with Gasteiger partial charge in [-0.25, -0.2) is 0 Å². The number of aryl methyl sites for hydroxylation is 1. The molecule has 0 unspecified atom stereocenters. The van der Waals surface area contributed by atoms with E-state index in [9.17, 15) is 4.79 Å². The average molecular weight is 294 g/mol. The molecule has 2 heterocycles. The first kappa shape index (κ1) is 13.7. The van der Waals surface area contributed by atoms with Crippen LogP contribution in [0.15, 0.2) is 24.3 Å². The number of hydrogen-bond donors (Lipinski definition) is 0. The normalized spacial score (nSPS) is 18.7. The van der Waals surface area contributed by atoms with Crippen molar-refractivity contribution in [1.82, 2.24) is 9.88 Å². The topological polar surface area (TPSA) is 33.2 Å². The molecular formula is C19H22N2O. The second-order valence-corrected chi connectivity index (χ2v) is 6.76. The van der Waals surface area contributed by atoms with E-state index >= 15 is 0 Å². The van der Waals surface area contributed by atoms with Crippen LogP contribution in [0, 0.1) is 5.92 Å². The SMILES string of the molecule is CC1CCN(C(=O)c2c3c(nc4ccccc24)CCC3)CC1. The fourth-order valence-corrected chi connectivity index (χ4v) is 3.83. The number of carbonyl (C=O) groups excluding carboxylic acids is 1. The average Bonchev–Trinajstić information content (AvgIpc) is 3.00. The summed E-state index contributed by atoms with van der Waals surface area (Å²) in [5, 5.41) is 1.03. The first-order valence-electron chi connectivity index (χ1n) is 8.44. The lowest BCUT2D eigenvalue weighted by molar-refractivity contribution is 0.0698. The molecule has 1 aromatic carbocycles. The minimum Gasteiger partial charge on any atom is -0.339 e. The molecule has 0 saturated carbocycles. The number of benzene rings is 1. The number of piperidine rings is 1. The van der Waals surface area contributed by atoms with Crippen LogP contribution < -0.4 is 0 Å². The van der Waals surface area contributed by atoms with Gasteiger partial charge in [-0.15, -0.1) is 0 Å². The zero-order valence-corrected chi connectivity index (χ0v) is 13.1. The Morgan fingerprint density at radius 3 is 2.77 bits per heavy atom. The predicted octanol–water partition coefficient (Wildman–Crippen LogP) is 3.60. The lowest BCUT2D eigenvalue weighted by Crippen LogP contribution is -2.38. The highest BCUT2D eigenvalue weighted by atomic mass is 16.2. The molecule has 3 heteroatoms. The van der Waals surface area contributed by atoms with Gasteiger partial charge >= 0.3 is 0 Å². The van der Waals surface area contributed by atoms with Gasteiger partial charge in [0.2, 0.25) is 0 Å². The second kappa shape index (κ2) is 5.38. The summed E-state index contributed by atoms with van der Waals surface area (Å²) in [6.07, 6.45) is 5.37. The zero-order chi connectivity index (χ0) is 15.1. The molecule has 1 saturated heterocycles. The molecule has 0 atom stereocenters. The van der Waals surface area contributed by atoms with E-state index in [1.165, 1.54) is 5.56 Å². The third-order valence-corrected chi connectivity index (χ3v) is 5.20. The van der Waals surface area contributed by atoms with Crippen molar-refractivity contribution >= 4 is 16.8 Å². The second-order valence-electron chi connectivity index (χ2n) is 6.76. The fraction of sp³-hybridized carbons (Fsp3) is 0.474. The molecule has 1 aliphatic carbocycles. The third-order valence-electron chi connectivity index (χ3n) is 5.20. The minimum absolute atomic E-state index is 0.226. The highest BCUT2D eigenvalue weighted by Gasteiger charge is 2.28. The van der Waals surface area contributed by atoms with E-state index in [1.54, 1.807) is 0 Å². The summed E-state index contributed by atoms with van der Waals surface area (Å²) in [4.78, 5) is 20.0. The van der Waals surface area contributed by atoms with Gasteiger partial charge in [0.25, 0.3) is 5.91 Å². The van der Waals surface area contributed by atoms with Crippen LogP contribution in [0.4, 0.5) is 0 Å². The third kappa shape index (κ3) is 2.20. The molecule has 22 heavy (non-hydrogen) atoms. The lowest BCUT2D eigenvalue weighted by atomic mass is 9.96. The van der Waals surface area contributed by atoms with E-state index in [1.807, 2.05) is 18.2 Å². The van der Waals surface area contributed by atoms with Crippen LogP contribution in [-0.2, 0) is 12.8 Å². The van der Waals surface area contributed by atoms with E-state index in [2.05, 4.69) is 17.9 Å². The van der Waals surface area contributed by atoms with Crippen LogP contribution in [0.5, 0.6) is 0 Å². The fourth-order valence-electron chi connectivity index (χ4n) is 3.83. The maximum Gasteiger partial charge on any atom is 0.254 e. The van der Waals surface area contributed by atoms with Gasteiger partial charge in [-0.05, 0) is 49.7 Å². The van der Waals surface area contributed by atoms with Crippen LogP contribution >= 0.6 is 0 Å². The van der Waals surface area contributed by atoms with Crippen molar-refractivity contribution in [2.24, 2.45) is 5.92 Å². The van der Waals surface area contributed by atoms with Gasteiger partial charge in [0, 0.05) is 24.2 Å². The number of hydrogen-bond acceptors (Lipinski definition) is 2. The molecule has 114 valence electrons. The number of fused-ring (bicyclic) bond motifs is 2. The summed E-state index contributed by atoms with van der Waals surface area (Å²) in [5.41, 5.74) is 4.26. The van der Waals surface area contributed by atoms with Crippen LogP contribution in [0.2, 0.25) is 0 Å². The first-order valence-corrected chi connectivity index (χ1v) is 8.44. The van der Waals surface area contributed by atoms with Gasteiger partial charge in [-0.1, -0.05) is 25.1 Å². The van der Waals surface area contributed by atoms with Gasteiger partial charge in [0.05, 0.1) is 11.1 Å². The molecule has 0 radical (unpaired) electrons. The summed E-state index contributed by atoms with van der Waals surface area (Å²) in [6, 6.07) is 8.11. The number of pyridine rings is 1. The number of rotatable bonds is 1. The van der Waals surface area contributed by atoms with Gasteiger partial charge < -0.3 is 4.90 Å². The number of carbonyl (C=O) groups is 1. The Balaban J connectivity index is 1.81. The largest absolute Gasteiger partial charge is 0.339 e. The highest BCUT2D eigenvalue weighted by molar-refractivity contribution is 6.07. The minimum atomic E-state index is 0.226. The van der Waals surface area contributed by atoms with Crippen molar-refractivity contribution < 1.29 is 4.79 Å². The lowest BCUT2D eigenvalue weighted by Gasteiger charge is -2.31.